The van der Waals surface area contributed by atoms with E-state index in [0.717, 1.165) is 0 Å². The summed E-state index contributed by atoms with van der Waals surface area (Å²) in [5.74, 6) is -0.518. The average molecular weight is 266 g/mol. The van der Waals surface area contributed by atoms with Crippen molar-refractivity contribution in [2.24, 2.45) is 0 Å². The van der Waals surface area contributed by atoms with Gasteiger partial charge in [0.25, 0.3) is 0 Å². The van der Waals surface area contributed by atoms with Gasteiger partial charge >= 0.3 is 0 Å². The standard InChI is InChI=1S/C13H7FN6/c14-12-11(5-2-6-16-12)13-17-19-20(18-13)10-4-1-3-9(7-10)8-15/h1-7H. The minimum atomic E-state index is -0.655. The summed E-state index contributed by atoms with van der Waals surface area (Å²) in [5, 5.41) is 20.6. The van der Waals surface area contributed by atoms with Crippen LogP contribution in [0.25, 0.3) is 17.1 Å². The molecule has 0 N–H and O–H groups in total. The van der Waals surface area contributed by atoms with Crippen molar-refractivity contribution in [2.45, 2.75) is 0 Å². The minimum absolute atomic E-state index is 0.137. The van der Waals surface area contributed by atoms with E-state index in [9.17, 15) is 4.39 Å². The van der Waals surface area contributed by atoms with Crippen LogP contribution in [0, 0.1) is 17.3 Å². The summed E-state index contributed by atoms with van der Waals surface area (Å²) in [6, 6.07) is 11.9. The summed E-state index contributed by atoms with van der Waals surface area (Å²) in [6.45, 7) is 0. The molecule has 1 aromatic carbocycles. The van der Waals surface area contributed by atoms with Gasteiger partial charge in [-0.1, -0.05) is 6.07 Å². The lowest BCUT2D eigenvalue weighted by atomic mass is 10.2. The van der Waals surface area contributed by atoms with Crippen LogP contribution in [0.4, 0.5) is 4.39 Å². The largest absolute Gasteiger partial charge is 0.228 e. The van der Waals surface area contributed by atoms with Crippen LogP contribution >= 0.6 is 0 Å². The van der Waals surface area contributed by atoms with Gasteiger partial charge in [0.2, 0.25) is 11.8 Å². The van der Waals surface area contributed by atoms with Crippen LogP contribution in [0.5, 0.6) is 0 Å². The number of rotatable bonds is 2. The number of nitriles is 1. The number of benzene rings is 1. The van der Waals surface area contributed by atoms with Crippen molar-refractivity contribution in [1.82, 2.24) is 25.2 Å². The fourth-order valence-electron chi connectivity index (χ4n) is 1.68. The van der Waals surface area contributed by atoms with Crippen molar-refractivity contribution in [1.29, 1.82) is 5.26 Å². The molecule has 0 saturated carbocycles. The van der Waals surface area contributed by atoms with Gasteiger partial charge in [-0.25, -0.2) is 4.98 Å². The Morgan fingerprint density at radius 2 is 2.10 bits per heavy atom. The van der Waals surface area contributed by atoms with Crippen molar-refractivity contribution in [2.75, 3.05) is 0 Å². The molecule has 0 saturated heterocycles. The number of halogens is 1. The van der Waals surface area contributed by atoms with Gasteiger partial charge in [0.05, 0.1) is 22.9 Å². The molecule has 3 aromatic rings. The first-order valence-electron chi connectivity index (χ1n) is 5.69. The number of hydrogen-bond acceptors (Lipinski definition) is 5. The quantitative estimate of drug-likeness (QED) is 0.660. The van der Waals surface area contributed by atoms with Gasteiger partial charge in [-0.2, -0.15) is 9.65 Å². The lowest BCUT2D eigenvalue weighted by Gasteiger charge is -1.98. The SMILES string of the molecule is N#Cc1cccc(-n2nnc(-c3cccnc3F)n2)c1. The molecule has 0 aliphatic rings. The molecule has 0 fully saturated rings. The van der Waals surface area contributed by atoms with Crippen LogP contribution < -0.4 is 0 Å². The van der Waals surface area contributed by atoms with Crippen molar-refractivity contribution in [3.8, 4) is 23.1 Å². The van der Waals surface area contributed by atoms with Crippen LogP contribution in [-0.4, -0.2) is 25.2 Å². The van der Waals surface area contributed by atoms with E-state index >= 15 is 0 Å². The number of aromatic nitrogens is 5. The van der Waals surface area contributed by atoms with E-state index in [1.807, 2.05) is 6.07 Å². The molecule has 2 aromatic heterocycles. The highest BCUT2D eigenvalue weighted by molar-refractivity contribution is 5.53. The summed E-state index contributed by atoms with van der Waals surface area (Å²) in [6.07, 6.45) is 1.35. The summed E-state index contributed by atoms with van der Waals surface area (Å²) < 4.78 is 13.5. The zero-order chi connectivity index (χ0) is 13.9. The lowest BCUT2D eigenvalue weighted by molar-refractivity contribution is 0.586. The Balaban J connectivity index is 2.02. The molecule has 20 heavy (non-hydrogen) atoms. The lowest BCUT2D eigenvalue weighted by Crippen LogP contribution is -1.99. The van der Waals surface area contributed by atoms with Crippen molar-refractivity contribution >= 4 is 0 Å². The Hall–Kier alpha value is -3.14. The zero-order valence-corrected chi connectivity index (χ0v) is 10.1. The first kappa shape index (κ1) is 11.9. The summed E-state index contributed by atoms with van der Waals surface area (Å²) >= 11 is 0. The van der Waals surface area contributed by atoms with Crippen LogP contribution in [-0.2, 0) is 0 Å². The van der Waals surface area contributed by atoms with Gasteiger partial charge in [0.1, 0.15) is 0 Å². The Labute approximate surface area is 113 Å². The molecule has 0 atom stereocenters. The highest BCUT2D eigenvalue weighted by Gasteiger charge is 2.12. The van der Waals surface area contributed by atoms with Gasteiger partial charge in [-0.05, 0) is 35.5 Å². The number of tetrazole rings is 1. The molecular formula is C13H7FN6. The highest BCUT2D eigenvalue weighted by atomic mass is 19.1. The average Bonchev–Trinajstić information content (AvgIpc) is 2.97. The predicted molar refractivity (Wildman–Crippen MR) is 67.1 cm³/mol. The van der Waals surface area contributed by atoms with Gasteiger partial charge in [-0.15, -0.1) is 15.0 Å². The molecule has 6 nitrogen and oxygen atoms in total. The van der Waals surface area contributed by atoms with E-state index in [1.54, 1.807) is 30.3 Å². The molecule has 0 radical (unpaired) electrons. The van der Waals surface area contributed by atoms with E-state index < -0.39 is 5.95 Å². The predicted octanol–water partition coefficient (Wildman–Crippen LogP) is 1.74. The van der Waals surface area contributed by atoms with Crippen LogP contribution in [0.15, 0.2) is 42.6 Å². The first-order chi connectivity index (χ1) is 9.78. The highest BCUT2D eigenvalue weighted by Crippen LogP contribution is 2.16. The maximum absolute atomic E-state index is 13.5. The zero-order valence-electron chi connectivity index (χ0n) is 10.1. The third kappa shape index (κ3) is 2.10. The van der Waals surface area contributed by atoms with Crippen LogP contribution in [0.1, 0.15) is 5.56 Å². The molecule has 7 heteroatoms. The van der Waals surface area contributed by atoms with Gasteiger partial charge in [-0.3, -0.25) is 0 Å². The molecule has 96 valence electrons. The number of hydrogen-bond donors (Lipinski definition) is 0. The van der Waals surface area contributed by atoms with Crippen molar-refractivity contribution in [3.05, 3.63) is 54.1 Å². The molecule has 2 heterocycles. The second kappa shape index (κ2) is 4.85. The van der Waals surface area contributed by atoms with Crippen LogP contribution in [0.3, 0.4) is 0 Å². The monoisotopic (exact) mass is 266 g/mol. The molecule has 0 spiro atoms. The van der Waals surface area contributed by atoms with Crippen LogP contribution in [0.2, 0.25) is 0 Å². The van der Waals surface area contributed by atoms with E-state index in [-0.39, 0.29) is 11.4 Å². The van der Waals surface area contributed by atoms with E-state index in [2.05, 4.69) is 20.4 Å². The number of nitrogens with zero attached hydrogens (tertiary/aromatic N) is 6. The topological polar surface area (TPSA) is 80.3 Å². The Morgan fingerprint density at radius 3 is 2.90 bits per heavy atom. The van der Waals surface area contributed by atoms with Crippen molar-refractivity contribution in [3.63, 3.8) is 0 Å². The Bertz CT molecular complexity index is 804. The molecule has 0 amide bonds. The summed E-state index contributed by atoms with van der Waals surface area (Å²) in [7, 11) is 0. The maximum atomic E-state index is 13.5. The molecule has 0 unspecified atom stereocenters. The summed E-state index contributed by atoms with van der Waals surface area (Å²) in [5.41, 5.74) is 1.23. The maximum Gasteiger partial charge on any atom is 0.224 e. The molecule has 0 bridgehead atoms. The molecule has 0 aliphatic heterocycles. The fraction of sp³-hybridized carbons (Fsp3) is 0. The molecule has 3 rings (SSSR count). The van der Waals surface area contributed by atoms with Gasteiger partial charge < -0.3 is 0 Å². The molecule has 0 aliphatic carbocycles. The molecular weight excluding hydrogens is 259 g/mol. The third-order valence-electron chi connectivity index (χ3n) is 2.62. The normalized spacial score (nSPS) is 10.2. The summed E-state index contributed by atoms with van der Waals surface area (Å²) in [4.78, 5) is 4.78. The Kier molecular flexibility index (Phi) is 2.89. The van der Waals surface area contributed by atoms with E-state index in [0.29, 0.717) is 11.3 Å². The second-order valence-corrected chi connectivity index (χ2v) is 3.91. The smallest absolute Gasteiger partial charge is 0.224 e. The minimum Gasteiger partial charge on any atom is -0.228 e. The second-order valence-electron chi connectivity index (χ2n) is 3.91. The van der Waals surface area contributed by atoms with Gasteiger partial charge in [0, 0.05) is 6.20 Å². The van der Waals surface area contributed by atoms with E-state index in [4.69, 9.17) is 5.26 Å². The van der Waals surface area contributed by atoms with Gasteiger partial charge in [0.15, 0.2) is 0 Å². The fourth-order valence-corrected chi connectivity index (χ4v) is 1.68. The van der Waals surface area contributed by atoms with E-state index in [1.165, 1.54) is 17.1 Å². The number of pyridine rings is 1. The van der Waals surface area contributed by atoms with Crippen molar-refractivity contribution < 1.29 is 4.39 Å². The first-order valence-corrected chi connectivity index (χ1v) is 5.69. The Morgan fingerprint density at radius 1 is 1.20 bits per heavy atom. The third-order valence-corrected chi connectivity index (χ3v) is 2.62.